The van der Waals surface area contributed by atoms with Crippen LogP contribution in [0.2, 0.25) is 0 Å². The summed E-state index contributed by atoms with van der Waals surface area (Å²) >= 11 is 0.906. The SMILES string of the molecule is O=C1CCc2cc(-c3nc4cc(C(=O)O)sc4c(=O)[nH]3)ccc2N1. The highest BCUT2D eigenvalue weighted by atomic mass is 32.1. The van der Waals surface area contributed by atoms with Gasteiger partial charge in [0.25, 0.3) is 5.56 Å². The molecule has 2 aromatic heterocycles. The Morgan fingerprint density at radius 3 is 2.83 bits per heavy atom. The van der Waals surface area contributed by atoms with Crippen molar-refractivity contribution in [3.8, 4) is 11.4 Å². The predicted molar refractivity (Wildman–Crippen MR) is 89.6 cm³/mol. The molecule has 120 valence electrons. The molecule has 0 unspecified atom stereocenters. The zero-order valence-corrected chi connectivity index (χ0v) is 13.1. The monoisotopic (exact) mass is 341 g/mol. The highest BCUT2D eigenvalue weighted by molar-refractivity contribution is 7.20. The molecule has 0 atom stereocenters. The number of nitrogens with one attached hydrogen (secondary N) is 2. The number of rotatable bonds is 2. The van der Waals surface area contributed by atoms with E-state index in [-0.39, 0.29) is 16.3 Å². The molecular formula is C16H11N3O4S. The zero-order valence-electron chi connectivity index (χ0n) is 12.3. The molecule has 0 saturated carbocycles. The molecule has 7 nitrogen and oxygen atoms in total. The first-order valence-corrected chi connectivity index (χ1v) is 8.03. The van der Waals surface area contributed by atoms with Crippen molar-refractivity contribution in [2.24, 2.45) is 0 Å². The van der Waals surface area contributed by atoms with Crippen LogP contribution in [-0.4, -0.2) is 27.0 Å². The van der Waals surface area contributed by atoms with Gasteiger partial charge in [-0.2, -0.15) is 0 Å². The van der Waals surface area contributed by atoms with Crippen molar-refractivity contribution in [3.05, 3.63) is 45.1 Å². The lowest BCUT2D eigenvalue weighted by Gasteiger charge is -2.17. The van der Waals surface area contributed by atoms with Crippen LogP contribution in [0.25, 0.3) is 21.6 Å². The lowest BCUT2D eigenvalue weighted by molar-refractivity contribution is -0.116. The van der Waals surface area contributed by atoms with E-state index in [1.165, 1.54) is 6.07 Å². The Balaban J connectivity index is 1.83. The summed E-state index contributed by atoms with van der Waals surface area (Å²) in [5.41, 5.74) is 2.46. The van der Waals surface area contributed by atoms with Gasteiger partial charge in [-0.05, 0) is 36.2 Å². The lowest BCUT2D eigenvalue weighted by Crippen LogP contribution is -2.18. The van der Waals surface area contributed by atoms with Crippen molar-refractivity contribution in [3.63, 3.8) is 0 Å². The van der Waals surface area contributed by atoms with Crippen LogP contribution in [-0.2, 0) is 11.2 Å². The van der Waals surface area contributed by atoms with Crippen LogP contribution >= 0.6 is 11.3 Å². The average Bonchev–Trinajstić information content (AvgIpc) is 2.99. The third-order valence-electron chi connectivity index (χ3n) is 3.87. The second kappa shape index (κ2) is 5.27. The first kappa shape index (κ1) is 14.6. The molecule has 4 rings (SSSR count). The molecule has 3 N–H and O–H groups in total. The quantitative estimate of drug-likeness (QED) is 0.662. The number of carbonyl (C=O) groups excluding carboxylic acids is 1. The molecule has 0 spiro atoms. The Bertz CT molecular complexity index is 1070. The number of aryl methyl sites for hydroxylation is 1. The summed E-state index contributed by atoms with van der Waals surface area (Å²) in [6.45, 7) is 0. The number of aromatic nitrogens is 2. The molecule has 1 aliphatic rings. The van der Waals surface area contributed by atoms with Crippen molar-refractivity contribution >= 4 is 39.1 Å². The number of aromatic amines is 1. The summed E-state index contributed by atoms with van der Waals surface area (Å²) in [7, 11) is 0. The van der Waals surface area contributed by atoms with E-state index in [0.717, 1.165) is 22.6 Å². The van der Waals surface area contributed by atoms with Gasteiger partial charge in [0.2, 0.25) is 5.91 Å². The normalized spacial score (nSPS) is 13.6. The third-order valence-corrected chi connectivity index (χ3v) is 4.98. The van der Waals surface area contributed by atoms with E-state index < -0.39 is 5.97 Å². The van der Waals surface area contributed by atoms with Crippen molar-refractivity contribution in [1.29, 1.82) is 0 Å². The minimum atomic E-state index is -1.08. The number of benzene rings is 1. The maximum Gasteiger partial charge on any atom is 0.345 e. The molecule has 3 heterocycles. The number of amides is 1. The van der Waals surface area contributed by atoms with E-state index in [1.807, 2.05) is 6.07 Å². The highest BCUT2D eigenvalue weighted by Gasteiger charge is 2.17. The van der Waals surface area contributed by atoms with Crippen LogP contribution in [0.15, 0.2) is 29.1 Å². The summed E-state index contributed by atoms with van der Waals surface area (Å²) < 4.78 is 0.293. The van der Waals surface area contributed by atoms with Crippen molar-refractivity contribution in [2.75, 3.05) is 5.32 Å². The van der Waals surface area contributed by atoms with Crippen molar-refractivity contribution in [2.45, 2.75) is 12.8 Å². The molecule has 1 aliphatic heterocycles. The van der Waals surface area contributed by atoms with Gasteiger partial charge in [0.15, 0.2) is 0 Å². The van der Waals surface area contributed by atoms with Gasteiger partial charge < -0.3 is 15.4 Å². The Morgan fingerprint density at radius 1 is 1.21 bits per heavy atom. The minimum absolute atomic E-state index is 0.0114. The standard InChI is InChI=1S/C16H11N3O4S/c20-12-4-2-7-5-8(1-3-9(7)17-12)14-18-10-6-11(16(22)23)24-13(10)15(21)19-14/h1,3,5-6H,2,4H2,(H,17,20)(H,22,23)(H,18,19,21). The molecule has 0 saturated heterocycles. The van der Waals surface area contributed by atoms with Gasteiger partial charge in [-0.3, -0.25) is 9.59 Å². The van der Waals surface area contributed by atoms with Gasteiger partial charge in [0.1, 0.15) is 15.4 Å². The van der Waals surface area contributed by atoms with Gasteiger partial charge in [-0.25, -0.2) is 9.78 Å². The minimum Gasteiger partial charge on any atom is -0.477 e. The maximum atomic E-state index is 12.2. The zero-order chi connectivity index (χ0) is 16.8. The highest BCUT2D eigenvalue weighted by Crippen LogP contribution is 2.28. The van der Waals surface area contributed by atoms with Crippen molar-refractivity contribution in [1.82, 2.24) is 9.97 Å². The van der Waals surface area contributed by atoms with Crippen LogP contribution in [0.5, 0.6) is 0 Å². The first-order chi connectivity index (χ1) is 11.5. The molecule has 0 fully saturated rings. The van der Waals surface area contributed by atoms with Crippen LogP contribution in [0.4, 0.5) is 5.69 Å². The average molecular weight is 341 g/mol. The molecule has 0 bridgehead atoms. The third kappa shape index (κ3) is 2.37. The number of nitrogens with zero attached hydrogens (tertiary/aromatic N) is 1. The molecule has 24 heavy (non-hydrogen) atoms. The lowest BCUT2D eigenvalue weighted by atomic mass is 10.00. The Labute approximate surface area is 139 Å². The van der Waals surface area contributed by atoms with Gasteiger partial charge in [-0.15, -0.1) is 11.3 Å². The van der Waals surface area contributed by atoms with Crippen molar-refractivity contribution < 1.29 is 14.7 Å². The number of carboxylic acids is 1. The fourth-order valence-electron chi connectivity index (χ4n) is 2.71. The molecule has 1 amide bonds. The van der Waals surface area contributed by atoms with Gasteiger partial charge in [0.05, 0.1) is 5.52 Å². The number of anilines is 1. The van der Waals surface area contributed by atoms with Crippen LogP contribution in [0.3, 0.4) is 0 Å². The number of thiophene rings is 1. The fourth-order valence-corrected chi connectivity index (χ4v) is 3.54. The second-order valence-corrected chi connectivity index (χ2v) is 6.52. The molecular weight excluding hydrogens is 330 g/mol. The number of carboxylic acid groups (broad SMARTS) is 1. The summed E-state index contributed by atoms with van der Waals surface area (Å²) in [6, 6.07) is 6.82. The maximum absolute atomic E-state index is 12.2. The number of aromatic carboxylic acids is 1. The number of fused-ring (bicyclic) bond motifs is 2. The van der Waals surface area contributed by atoms with E-state index >= 15 is 0 Å². The Morgan fingerprint density at radius 2 is 2.04 bits per heavy atom. The molecule has 8 heteroatoms. The summed E-state index contributed by atoms with van der Waals surface area (Å²) in [6.07, 6.45) is 1.05. The van der Waals surface area contributed by atoms with Gasteiger partial charge in [-0.1, -0.05) is 0 Å². The fraction of sp³-hybridized carbons (Fsp3) is 0.125. The summed E-state index contributed by atoms with van der Waals surface area (Å²) in [5.74, 6) is -0.715. The smallest absolute Gasteiger partial charge is 0.345 e. The number of hydrogen-bond donors (Lipinski definition) is 3. The number of carbonyl (C=O) groups is 2. The molecule has 0 radical (unpaired) electrons. The first-order valence-electron chi connectivity index (χ1n) is 7.21. The van der Waals surface area contributed by atoms with E-state index in [4.69, 9.17) is 5.11 Å². The van der Waals surface area contributed by atoms with Gasteiger partial charge in [0, 0.05) is 17.7 Å². The Hall–Kier alpha value is -3.00. The summed E-state index contributed by atoms with van der Waals surface area (Å²) in [4.78, 5) is 41.8. The topological polar surface area (TPSA) is 112 Å². The summed E-state index contributed by atoms with van der Waals surface area (Å²) in [5, 5.41) is 11.9. The largest absolute Gasteiger partial charge is 0.477 e. The molecule has 1 aromatic carbocycles. The number of H-pyrrole nitrogens is 1. The van der Waals surface area contributed by atoms with Crippen LogP contribution in [0.1, 0.15) is 21.7 Å². The van der Waals surface area contributed by atoms with Gasteiger partial charge >= 0.3 is 5.97 Å². The van der Waals surface area contributed by atoms with Crippen LogP contribution < -0.4 is 10.9 Å². The second-order valence-electron chi connectivity index (χ2n) is 5.46. The van der Waals surface area contributed by atoms with E-state index in [2.05, 4.69) is 15.3 Å². The van der Waals surface area contributed by atoms with Crippen LogP contribution in [0, 0.1) is 0 Å². The Kier molecular flexibility index (Phi) is 3.20. The molecule has 0 aliphatic carbocycles. The van der Waals surface area contributed by atoms with E-state index in [1.54, 1.807) is 12.1 Å². The predicted octanol–water partition coefficient (Wildman–Crippen LogP) is 2.23. The van der Waals surface area contributed by atoms with E-state index in [0.29, 0.717) is 34.4 Å². The van der Waals surface area contributed by atoms with E-state index in [9.17, 15) is 14.4 Å². The number of hydrogen-bond acceptors (Lipinski definition) is 5. The molecule has 3 aromatic rings.